The number of hydrogen-bond donors (Lipinski definition) is 0. The number of fused-ring (bicyclic) bond motifs is 1. The van der Waals surface area contributed by atoms with Crippen molar-refractivity contribution >= 4 is 49.7 Å². The van der Waals surface area contributed by atoms with Crippen LogP contribution < -0.4 is 4.90 Å². The van der Waals surface area contributed by atoms with Crippen molar-refractivity contribution in [3.8, 4) is 0 Å². The van der Waals surface area contributed by atoms with Crippen LogP contribution in [0.2, 0.25) is 0 Å². The second-order valence-corrected chi connectivity index (χ2v) is 10.6. The summed E-state index contributed by atoms with van der Waals surface area (Å²) in [6, 6.07) is 9.49. The molecule has 4 rings (SSSR count). The van der Waals surface area contributed by atoms with Crippen LogP contribution in [0.5, 0.6) is 0 Å². The molecule has 5 nitrogen and oxygen atoms in total. The van der Waals surface area contributed by atoms with Gasteiger partial charge in [0.1, 0.15) is 5.82 Å². The Kier molecular flexibility index (Phi) is 4.62. The first-order valence-electron chi connectivity index (χ1n) is 7.98. The molecule has 2 aromatic rings. The van der Waals surface area contributed by atoms with E-state index < -0.39 is 21.7 Å². The third kappa shape index (κ3) is 3.43. The zero-order valence-electron chi connectivity index (χ0n) is 13.5. The van der Waals surface area contributed by atoms with Gasteiger partial charge in [0, 0.05) is 10.1 Å². The first-order valence-corrected chi connectivity index (χ1v) is 11.6. The lowest BCUT2D eigenvalue weighted by Gasteiger charge is -2.24. The fraction of sp³-hybridized carbons (Fsp3) is 0.294. The number of sulfone groups is 1. The third-order valence-corrected chi connectivity index (χ3v) is 8.39. The monoisotopic (exact) mass is 410 g/mol. The maximum absolute atomic E-state index is 14.4. The molecular formula is C17H15FN2O3S3. The number of nitrogens with zero attached hydrogens (tertiary/aromatic N) is 2. The highest BCUT2D eigenvalue weighted by molar-refractivity contribution is 8.16. The molecule has 0 N–H and O–H groups in total. The van der Waals surface area contributed by atoms with Crippen molar-refractivity contribution in [3.63, 3.8) is 0 Å². The van der Waals surface area contributed by atoms with Gasteiger partial charge in [-0.3, -0.25) is 4.79 Å². The minimum absolute atomic E-state index is 0.0193. The number of thiophene rings is 1. The van der Waals surface area contributed by atoms with Crippen molar-refractivity contribution in [3.05, 3.63) is 52.5 Å². The number of anilines is 1. The van der Waals surface area contributed by atoms with Gasteiger partial charge in [0.2, 0.25) is 0 Å². The predicted octanol–water partition coefficient (Wildman–Crippen LogP) is 2.73. The second-order valence-electron chi connectivity index (χ2n) is 6.17. The van der Waals surface area contributed by atoms with E-state index in [0.717, 1.165) is 4.88 Å². The van der Waals surface area contributed by atoms with Crippen LogP contribution in [0.25, 0.3) is 0 Å². The summed E-state index contributed by atoms with van der Waals surface area (Å²) >= 11 is 2.72. The highest BCUT2D eigenvalue weighted by Crippen LogP contribution is 2.41. The highest BCUT2D eigenvalue weighted by Gasteiger charge is 2.49. The minimum atomic E-state index is -3.18. The molecule has 0 radical (unpaired) electrons. The topological polar surface area (TPSA) is 66.8 Å². The van der Waals surface area contributed by atoms with Gasteiger partial charge in [-0.05, 0) is 23.6 Å². The quantitative estimate of drug-likeness (QED) is 0.778. The van der Waals surface area contributed by atoms with E-state index in [0.29, 0.717) is 5.17 Å². The van der Waals surface area contributed by atoms with E-state index in [1.54, 1.807) is 23.1 Å². The molecule has 0 unspecified atom stereocenters. The number of para-hydroxylation sites is 1. The molecule has 2 aliphatic rings. The molecule has 2 atom stereocenters. The average Bonchev–Trinajstić information content (AvgIpc) is 3.23. The van der Waals surface area contributed by atoms with Crippen molar-refractivity contribution < 1.29 is 17.6 Å². The highest BCUT2D eigenvalue weighted by atomic mass is 32.2. The normalized spacial score (nSPS) is 25.6. The molecule has 0 bridgehead atoms. The molecule has 26 heavy (non-hydrogen) atoms. The number of carbonyl (C=O) groups excluding carboxylic acids is 1. The summed E-state index contributed by atoms with van der Waals surface area (Å²) in [6.45, 7) is 0. The molecule has 2 fully saturated rings. The number of benzene rings is 1. The number of rotatable bonds is 3. The van der Waals surface area contributed by atoms with E-state index in [2.05, 4.69) is 4.99 Å². The molecule has 0 saturated carbocycles. The molecule has 9 heteroatoms. The van der Waals surface area contributed by atoms with E-state index in [-0.39, 0.29) is 34.8 Å². The number of aliphatic imine (C=N–C) groups is 1. The number of thioether (sulfide) groups is 1. The molecule has 3 heterocycles. The van der Waals surface area contributed by atoms with Crippen LogP contribution in [0.3, 0.4) is 0 Å². The van der Waals surface area contributed by atoms with E-state index in [1.807, 2.05) is 17.5 Å². The molecule has 0 aliphatic carbocycles. The summed E-state index contributed by atoms with van der Waals surface area (Å²) in [5.41, 5.74) is 0.257. The standard InChI is InChI=1S/C17H15FN2O3S3/c18-12-5-1-2-6-13(12)20-14-9-26(22,23)10-15(14)25-17(20)19-16(21)8-11-4-3-7-24-11/h1-7,14-15H,8-10H2/t14-,15-/m0/s1. The van der Waals surface area contributed by atoms with Gasteiger partial charge in [-0.2, -0.15) is 4.99 Å². The Labute approximate surface area is 158 Å². The van der Waals surface area contributed by atoms with Gasteiger partial charge in [0.15, 0.2) is 15.0 Å². The number of halogens is 1. The van der Waals surface area contributed by atoms with Gasteiger partial charge >= 0.3 is 0 Å². The lowest BCUT2D eigenvalue weighted by atomic mass is 10.2. The summed E-state index contributed by atoms with van der Waals surface area (Å²) in [7, 11) is -3.18. The molecule has 2 aliphatic heterocycles. The lowest BCUT2D eigenvalue weighted by Crippen LogP contribution is -2.38. The molecule has 136 valence electrons. The van der Waals surface area contributed by atoms with Gasteiger partial charge in [-0.1, -0.05) is 30.0 Å². The molecule has 1 aromatic carbocycles. The summed E-state index contributed by atoms with van der Waals surface area (Å²) in [4.78, 5) is 19.0. The molecule has 0 spiro atoms. The summed E-state index contributed by atoms with van der Waals surface area (Å²) in [6.07, 6.45) is 0.181. The zero-order chi connectivity index (χ0) is 18.3. The van der Waals surface area contributed by atoms with Crippen molar-refractivity contribution in [2.75, 3.05) is 16.4 Å². The van der Waals surface area contributed by atoms with Gasteiger partial charge in [0.25, 0.3) is 5.91 Å². The smallest absolute Gasteiger partial charge is 0.253 e. The molecule has 1 amide bonds. The fourth-order valence-electron chi connectivity index (χ4n) is 3.20. The van der Waals surface area contributed by atoms with Crippen LogP contribution in [0, 0.1) is 5.82 Å². The molecule has 2 saturated heterocycles. The van der Waals surface area contributed by atoms with Gasteiger partial charge in [0.05, 0.1) is 29.7 Å². The van der Waals surface area contributed by atoms with Crippen LogP contribution in [0.15, 0.2) is 46.8 Å². The number of amides is 1. The zero-order valence-corrected chi connectivity index (χ0v) is 16.0. The molecule has 1 aromatic heterocycles. The predicted molar refractivity (Wildman–Crippen MR) is 103 cm³/mol. The van der Waals surface area contributed by atoms with Crippen LogP contribution in [-0.4, -0.2) is 42.3 Å². The Morgan fingerprint density at radius 1 is 1.23 bits per heavy atom. The maximum atomic E-state index is 14.4. The summed E-state index contributed by atoms with van der Waals surface area (Å²) < 4.78 is 38.4. The number of carbonyl (C=O) groups is 1. The maximum Gasteiger partial charge on any atom is 0.253 e. The largest absolute Gasteiger partial charge is 0.313 e. The Hall–Kier alpha value is -1.71. The van der Waals surface area contributed by atoms with Crippen LogP contribution in [-0.2, 0) is 21.1 Å². The van der Waals surface area contributed by atoms with Crippen molar-refractivity contribution in [1.82, 2.24) is 0 Å². The fourth-order valence-corrected chi connectivity index (χ4v) is 7.82. The molecular weight excluding hydrogens is 395 g/mol. The van der Waals surface area contributed by atoms with Gasteiger partial charge in [-0.25, -0.2) is 12.8 Å². The second kappa shape index (κ2) is 6.79. The van der Waals surface area contributed by atoms with Crippen molar-refractivity contribution in [1.29, 1.82) is 0 Å². The van der Waals surface area contributed by atoms with E-state index in [9.17, 15) is 17.6 Å². The van der Waals surface area contributed by atoms with Crippen LogP contribution in [0.1, 0.15) is 4.88 Å². The van der Waals surface area contributed by atoms with E-state index in [1.165, 1.54) is 29.2 Å². The first kappa shape index (κ1) is 17.7. The Morgan fingerprint density at radius 2 is 2.04 bits per heavy atom. The summed E-state index contributed by atoms with van der Waals surface area (Å²) in [5, 5.41) is 2.02. The van der Waals surface area contributed by atoms with Gasteiger partial charge in [-0.15, -0.1) is 11.3 Å². The van der Waals surface area contributed by atoms with Crippen LogP contribution >= 0.6 is 23.1 Å². The third-order valence-electron chi connectivity index (χ3n) is 4.30. The number of hydrogen-bond acceptors (Lipinski definition) is 5. The van der Waals surface area contributed by atoms with E-state index >= 15 is 0 Å². The average molecular weight is 411 g/mol. The Balaban J connectivity index is 1.68. The Morgan fingerprint density at radius 3 is 2.77 bits per heavy atom. The van der Waals surface area contributed by atoms with E-state index in [4.69, 9.17) is 0 Å². The summed E-state index contributed by atoms with van der Waals surface area (Å²) in [5.74, 6) is -0.821. The van der Waals surface area contributed by atoms with Crippen LogP contribution in [0.4, 0.5) is 10.1 Å². The van der Waals surface area contributed by atoms with Crippen molar-refractivity contribution in [2.45, 2.75) is 17.7 Å². The van der Waals surface area contributed by atoms with Crippen molar-refractivity contribution in [2.24, 2.45) is 4.99 Å². The Bertz CT molecular complexity index is 973. The first-order chi connectivity index (χ1) is 12.4. The number of amidine groups is 1. The lowest BCUT2D eigenvalue weighted by molar-refractivity contribution is -0.117. The SMILES string of the molecule is O=C(Cc1cccs1)N=C1S[C@H]2CS(=O)(=O)C[C@@H]2N1c1ccccc1F. The minimum Gasteiger partial charge on any atom is -0.313 e. The van der Waals surface area contributed by atoms with Gasteiger partial charge < -0.3 is 4.90 Å².